The molecule has 0 heterocycles. The third kappa shape index (κ3) is 2.15. The summed E-state index contributed by atoms with van der Waals surface area (Å²) in [5.41, 5.74) is 5.15. The number of nitriles is 1. The zero-order chi connectivity index (χ0) is 12.3. The van der Waals surface area contributed by atoms with Gasteiger partial charge in [-0.3, -0.25) is 10.1 Å². The Morgan fingerprint density at radius 2 is 2.25 bits per heavy atom. The molecule has 82 valence electrons. The highest BCUT2D eigenvalue weighted by Crippen LogP contribution is 2.25. The number of allylic oxidation sites excluding steroid dienone is 1. The molecule has 0 unspecified atom stereocenters. The van der Waals surface area contributed by atoms with E-state index in [0.29, 0.717) is 0 Å². The van der Waals surface area contributed by atoms with Crippen LogP contribution in [0.2, 0.25) is 0 Å². The summed E-state index contributed by atoms with van der Waals surface area (Å²) in [5, 5.41) is 19.3. The fraction of sp³-hybridized carbons (Fsp3) is 0.100. The molecule has 2 N–H and O–H groups in total. The van der Waals surface area contributed by atoms with Gasteiger partial charge in [-0.15, -0.1) is 0 Å². The van der Waals surface area contributed by atoms with E-state index in [1.165, 1.54) is 6.92 Å². The number of benzene rings is 1. The van der Waals surface area contributed by atoms with E-state index in [9.17, 15) is 14.5 Å². The molecule has 0 aliphatic rings. The molecule has 1 aromatic rings. The van der Waals surface area contributed by atoms with Crippen LogP contribution in [0.3, 0.4) is 0 Å². The lowest BCUT2D eigenvalue weighted by molar-refractivity contribution is -0.385. The molecule has 1 rings (SSSR count). The van der Waals surface area contributed by atoms with Gasteiger partial charge in [0.2, 0.25) is 0 Å². The van der Waals surface area contributed by atoms with E-state index >= 15 is 0 Å². The average Bonchev–Trinajstić information content (AvgIpc) is 2.26. The topological polar surface area (TPSA) is 93.0 Å². The Morgan fingerprint density at radius 1 is 1.62 bits per heavy atom. The zero-order valence-corrected chi connectivity index (χ0v) is 8.40. The second-order valence-electron chi connectivity index (χ2n) is 3.07. The van der Waals surface area contributed by atoms with Crippen LogP contribution in [0.1, 0.15) is 12.5 Å². The Labute approximate surface area is 90.8 Å². The van der Waals surface area contributed by atoms with Crippen molar-refractivity contribution in [1.29, 1.82) is 5.26 Å². The molecule has 0 aliphatic carbocycles. The molecular weight excluding hydrogens is 213 g/mol. The predicted octanol–water partition coefficient (Wildman–Crippen LogP) is 1.95. The lowest BCUT2D eigenvalue weighted by atomic mass is 10.1. The van der Waals surface area contributed by atoms with E-state index in [1.807, 2.05) is 0 Å². The standard InChI is InChI=1S/C10H8FN3O2/c1-6(5-12)10(13)8-4-7(11)2-3-9(8)14(15)16/h2-4H,13H2,1H3/b10-6-. The van der Waals surface area contributed by atoms with Crippen LogP contribution in [-0.4, -0.2) is 4.92 Å². The van der Waals surface area contributed by atoms with E-state index in [-0.39, 0.29) is 22.5 Å². The summed E-state index contributed by atoms with van der Waals surface area (Å²) in [6.07, 6.45) is 0. The summed E-state index contributed by atoms with van der Waals surface area (Å²) in [5.74, 6) is -0.644. The van der Waals surface area contributed by atoms with Crippen LogP contribution in [0.4, 0.5) is 10.1 Å². The largest absolute Gasteiger partial charge is 0.397 e. The molecule has 0 aliphatic heterocycles. The molecule has 0 bridgehead atoms. The van der Waals surface area contributed by atoms with Crippen molar-refractivity contribution in [2.24, 2.45) is 5.73 Å². The maximum absolute atomic E-state index is 13.0. The zero-order valence-electron chi connectivity index (χ0n) is 8.40. The van der Waals surface area contributed by atoms with Crippen LogP contribution in [0.15, 0.2) is 23.8 Å². The third-order valence-corrected chi connectivity index (χ3v) is 2.02. The molecule has 0 spiro atoms. The minimum atomic E-state index is -0.674. The van der Waals surface area contributed by atoms with Crippen molar-refractivity contribution < 1.29 is 9.31 Å². The van der Waals surface area contributed by atoms with Crippen LogP contribution >= 0.6 is 0 Å². The van der Waals surface area contributed by atoms with Gasteiger partial charge in [0.1, 0.15) is 5.82 Å². The van der Waals surface area contributed by atoms with Gasteiger partial charge in [-0.05, 0) is 19.1 Å². The van der Waals surface area contributed by atoms with Gasteiger partial charge in [-0.2, -0.15) is 5.26 Å². The first-order valence-corrected chi connectivity index (χ1v) is 4.28. The fourth-order valence-electron chi connectivity index (χ4n) is 1.15. The Bertz CT molecular complexity index is 517. The van der Waals surface area contributed by atoms with Crippen LogP contribution in [-0.2, 0) is 0 Å². The van der Waals surface area contributed by atoms with E-state index in [2.05, 4.69) is 0 Å². The van der Waals surface area contributed by atoms with Crippen LogP contribution in [0.25, 0.3) is 5.70 Å². The van der Waals surface area contributed by atoms with Crippen LogP contribution in [0, 0.1) is 27.3 Å². The van der Waals surface area contributed by atoms with Gasteiger partial charge in [0, 0.05) is 6.07 Å². The van der Waals surface area contributed by atoms with Gasteiger partial charge in [-0.25, -0.2) is 4.39 Å². The van der Waals surface area contributed by atoms with Gasteiger partial charge >= 0.3 is 0 Å². The highest BCUT2D eigenvalue weighted by Gasteiger charge is 2.17. The Hall–Kier alpha value is -2.42. The smallest absolute Gasteiger partial charge is 0.278 e. The van der Waals surface area contributed by atoms with Crippen molar-refractivity contribution in [2.45, 2.75) is 6.92 Å². The van der Waals surface area contributed by atoms with E-state index in [0.717, 1.165) is 18.2 Å². The van der Waals surface area contributed by atoms with Crippen molar-refractivity contribution in [3.8, 4) is 6.07 Å². The number of nitro benzene ring substituents is 1. The summed E-state index contributed by atoms with van der Waals surface area (Å²) in [6.45, 7) is 1.41. The molecule has 0 aromatic heterocycles. The Kier molecular flexibility index (Phi) is 3.20. The fourth-order valence-corrected chi connectivity index (χ4v) is 1.15. The molecule has 0 saturated heterocycles. The monoisotopic (exact) mass is 221 g/mol. The maximum Gasteiger partial charge on any atom is 0.278 e. The first-order chi connectivity index (χ1) is 7.47. The van der Waals surface area contributed by atoms with E-state index < -0.39 is 10.7 Å². The highest BCUT2D eigenvalue weighted by molar-refractivity contribution is 5.74. The number of nitro groups is 1. The lowest BCUT2D eigenvalue weighted by Crippen LogP contribution is -2.04. The second-order valence-corrected chi connectivity index (χ2v) is 3.07. The van der Waals surface area contributed by atoms with Crippen molar-refractivity contribution >= 4 is 11.4 Å². The van der Waals surface area contributed by atoms with Gasteiger partial charge in [0.05, 0.1) is 27.8 Å². The first-order valence-electron chi connectivity index (χ1n) is 4.28. The minimum absolute atomic E-state index is 0.0796. The number of hydrogen-bond donors (Lipinski definition) is 1. The molecule has 16 heavy (non-hydrogen) atoms. The molecule has 5 nitrogen and oxygen atoms in total. The molecule has 0 radical (unpaired) electrons. The van der Waals surface area contributed by atoms with Crippen molar-refractivity contribution in [2.75, 3.05) is 0 Å². The maximum atomic E-state index is 13.0. The molecule has 1 aromatic carbocycles. The molecule has 0 saturated carbocycles. The van der Waals surface area contributed by atoms with Gasteiger partial charge in [0.25, 0.3) is 5.69 Å². The van der Waals surface area contributed by atoms with Gasteiger partial charge in [0.15, 0.2) is 0 Å². The number of nitrogens with two attached hydrogens (primary N) is 1. The lowest BCUT2D eigenvalue weighted by Gasteiger charge is -2.04. The molecular formula is C10H8FN3O2. The summed E-state index contributed by atoms with van der Waals surface area (Å²) in [6, 6.07) is 4.68. The Balaban J connectivity index is 3.49. The van der Waals surface area contributed by atoms with Crippen LogP contribution in [0.5, 0.6) is 0 Å². The van der Waals surface area contributed by atoms with Crippen molar-refractivity contribution in [1.82, 2.24) is 0 Å². The normalized spacial score (nSPS) is 11.6. The van der Waals surface area contributed by atoms with Crippen molar-refractivity contribution in [3.05, 3.63) is 45.3 Å². The molecule has 0 atom stereocenters. The number of hydrogen-bond acceptors (Lipinski definition) is 4. The van der Waals surface area contributed by atoms with Gasteiger partial charge in [-0.1, -0.05) is 0 Å². The quantitative estimate of drug-likeness (QED) is 0.469. The number of halogens is 1. The third-order valence-electron chi connectivity index (χ3n) is 2.02. The number of nitrogens with zero attached hydrogens (tertiary/aromatic N) is 2. The molecule has 6 heteroatoms. The second kappa shape index (κ2) is 4.40. The molecule has 0 fully saturated rings. The summed E-state index contributed by atoms with van der Waals surface area (Å²) >= 11 is 0. The van der Waals surface area contributed by atoms with Crippen molar-refractivity contribution in [3.63, 3.8) is 0 Å². The summed E-state index contributed by atoms with van der Waals surface area (Å²) < 4.78 is 13.0. The molecule has 0 amide bonds. The first kappa shape index (κ1) is 11.7. The average molecular weight is 221 g/mol. The highest BCUT2D eigenvalue weighted by atomic mass is 19.1. The van der Waals surface area contributed by atoms with Gasteiger partial charge < -0.3 is 5.73 Å². The van der Waals surface area contributed by atoms with E-state index in [4.69, 9.17) is 11.0 Å². The SMILES string of the molecule is C/C(C#N)=C(/N)c1cc(F)ccc1[N+](=O)[O-]. The predicted molar refractivity (Wildman–Crippen MR) is 55.4 cm³/mol. The summed E-state index contributed by atoms with van der Waals surface area (Å²) in [4.78, 5) is 10.00. The minimum Gasteiger partial charge on any atom is -0.397 e. The van der Waals surface area contributed by atoms with E-state index in [1.54, 1.807) is 6.07 Å². The Morgan fingerprint density at radius 3 is 2.75 bits per heavy atom. The van der Waals surface area contributed by atoms with Crippen LogP contribution < -0.4 is 5.73 Å². The number of rotatable bonds is 2. The summed E-state index contributed by atoms with van der Waals surface area (Å²) in [7, 11) is 0.